The average molecular weight is 335 g/mol. The number of amides is 1. The second-order valence-corrected chi connectivity index (χ2v) is 6.36. The maximum atomic E-state index is 13.7. The van der Waals surface area contributed by atoms with E-state index in [1.54, 1.807) is 18.2 Å². The lowest BCUT2D eigenvalue weighted by atomic mass is 10.2. The number of thioether (sulfide) groups is 1. The van der Waals surface area contributed by atoms with E-state index < -0.39 is 5.82 Å². The Morgan fingerprint density at radius 1 is 1.17 bits per heavy atom. The zero-order valence-corrected chi connectivity index (χ0v) is 13.5. The molecule has 2 aromatic rings. The maximum absolute atomic E-state index is 13.7. The molecule has 0 aliphatic carbocycles. The molecule has 7 heteroatoms. The van der Waals surface area contributed by atoms with E-state index >= 15 is 0 Å². The van der Waals surface area contributed by atoms with Crippen molar-refractivity contribution >= 4 is 17.7 Å². The van der Waals surface area contributed by atoms with Crippen molar-refractivity contribution in [1.82, 2.24) is 15.1 Å². The van der Waals surface area contributed by atoms with E-state index in [9.17, 15) is 9.18 Å². The predicted molar refractivity (Wildman–Crippen MR) is 85.5 cm³/mol. The molecule has 0 unspecified atom stereocenters. The number of aromatic nitrogens is 2. The van der Waals surface area contributed by atoms with Gasteiger partial charge >= 0.3 is 0 Å². The SMILES string of the molecule is O=C(CSc1nnc(-c2ccccc2F)o1)N1CCCCCC1. The molecule has 0 atom stereocenters. The Balaban J connectivity index is 1.59. The van der Waals surface area contributed by atoms with Crippen LogP contribution < -0.4 is 0 Å². The van der Waals surface area contributed by atoms with Gasteiger partial charge in [-0.2, -0.15) is 0 Å². The van der Waals surface area contributed by atoms with Crippen LogP contribution in [0.25, 0.3) is 11.5 Å². The van der Waals surface area contributed by atoms with Gasteiger partial charge in [-0.25, -0.2) is 4.39 Å². The first-order valence-corrected chi connectivity index (χ1v) is 8.71. The molecule has 23 heavy (non-hydrogen) atoms. The van der Waals surface area contributed by atoms with Gasteiger partial charge in [0.05, 0.1) is 11.3 Å². The zero-order chi connectivity index (χ0) is 16.1. The molecule has 2 heterocycles. The van der Waals surface area contributed by atoms with Crippen molar-refractivity contribution in [2.45, 2.75) is 30.9 Å². The standard InChI is InChI=1S/C16H18FN3O2S/c17-13-8-4-3-7-12(13)15-18-19-16(22-15)23-11-14(21)20-9-5-1-2-6-10-20/h3-4,7-8H,1-2,5-6,9-11H2. The lowest BCUT2D eigenvalue weighted by Gasteiger charge is -2.19. The predicted octanol–water partition coefficient (Wildman–Crippen LogP) is 3.37. The summed E-state index contributed by atoms with van der Waals surface area (Å²) in [6, 6.07) is 6.23. The van der Waals surface area contributed by atoms with E-state index in [0.717, 1.165) is 25.9 Å². The highest BCUT2D eigenvalue weighted by Gasteiger charge is 2.18. The summed E-state index contributed by atoms with van der Waals surface area (Å²) in [5.74, 6) is 0.0718. The minimum Gasteiger partial charge on any atom is -0.411 e. The summed E-state index contributed by atoms with van der Waals surface area (Å²) in [5, 5.41) is 8.01. The van der Waals surface area contributed by atoms with Crippen molar-refractivity contribution in [3.63, 3.8) is 0 Å². The first-order chi connectivity index (χ1) is 11.2. The first kappa shape index (κ1) is 16.0. The van der Waals surface area contributed by atoms with Crippen LogP contribution in [0, 0.1) is 5.82 Å². The fourth-order valence-electron chi connectivity index (χ4n) is 2.55. The lowest BCUT2D eigenvalue weighted by Crippen LogP contribution is -2.33. The van der Waals surface area contributed by atoms with Crippen molar-refractivity contribution in [3.8, 4) is 11.5 Å². The lowest BCUT2D eigenvalue weighted by molar-refractivity contribution is -0.128. The number of rotatable bonds is 4. The van der Waals surface area contributed by atoms with Gasteiger partial charge in [0.2, 0.25) is 5.91 Å². The Labute approximate surface area is 138 Å². The summed E-state index contributed by atoms with van der Waals surface area (Å²) in [4.78, 5) is 14.1. The highest BCUT2D eigenvalue weighted by molar-refractivity contribution is 7.99. The van der Waals surface area contributed by atoms with Crippen LogP contribution in [0.3, 0.4) is 0 Å². The Kier molecular flexibility index (Phi) is 5.27. The van der Waals surface area contributed by atoms with Gasteiger partial charge in [-0.05, 0) is 25.0 Å². The van der Waals surface area contributed by atoms with Gasteiger partial charge in [0.15, 0.2) is 0 Å². The van der Waals surface area contributed by atoms with Crippen molar-refractivity contribution in [1.29, 1.82) is 0 Å². The van der Waals surface area contributed by atoms with Crippen molar-refractivity contribution in [3.05, 3.63) is 30.1 Å². The third-order valence-electron chi connectivity index (χ3n) is 3.79. The van der Waals surface area contributed by atoms with Crippen LogP contribution in [0.5, 0.6) is 0 Å². The summed E-state index contributed by atoms with van der Waals surface area (Å²) >= 11 is 1.20. The molecule has 1 amide bonds. The molecule has 122 valence electrons. The molecule has 5 nitrogen and oxygen atoms in total. The van der Waals surface area contributed by atoms with E-state index in [1.165, 1.54) is 30.7 Å². The Morgan fingerprint density at radius 2 is 1.91 bits per heavy atom. The number of hydrogen-bond donors (Lipinski definition) is 0. The number of benzene rings is 1. The second-order valence-electron chi connectivity index (χ2n) is 5.44. The molecule has 0 radical (unpaired) electrons. The third kappa shape index (κ3) is 4.10. The normalized spacial score (nSPS) is 15.4. The van der Waals surface area contributed by atoms with Gasteiger partial charge < -0.3 is 9.32 Å². The highest BCUT2D eigenvalue weighted by Crippen LogP contribution is 2.25. The molecule has 0 N–H and O–H groups in total. The molecule has 1 aromatic heterocycles. The summed E-state index contributed by atoms with van der Waals surface area (Å²) in [5.41, 5.74) is 0.269. The van der Waals surface area contributed by atoms with Crippen molar-refractivity contribution < 1.29 is 13.6 Å². The quantitative estimate of drug-likeness (QED) is 0.802. The molecular formula is C16H18FN3O2S. The van der Waals surface area contributed by atoms with Crippen molar-refractivity contribution in [2.75, 3.05) is 18.8 Å². The molecule has 0 saturated carbocycles. The number of nitrogens with zero attached hydrogens (tertiary/aromatic N) is 3. The van der Waals surface area contributed by atoms with Crippen LogP contribution in [-0.2, 0) is 4.79 Å². The Hall–Kier alpha value is -1.89. The van der Waals surface area contributed by atoms with Crippen LogP contribution >= 0.6 is 11.8 Å². The summed E-state index contributed by atoms with van der Waals surface area (Å²) in [6.45, 7) is 1.65. The van der Waals surface area contributed by atoms with E-state index in [4.69, 9.17) is 4.42 Å². The summed E-state index contributed by atoms with van der Waals surface area (Å²) in [7, 11) is 0. The molecule has 1 fully saturated rings. The van der Waals surface area contributed by atoms with Gasteiger partial charge in [-0.15, -0.1) is 10.2 Å². The number of halogens is 1. The topological polar surface area (TPSA) is 59.2 Å². The van der Waals surface area contributed by atoms with Gasteiger partial charge in [0, 0.05) is 13.1 Å². The second kappa shape index (κ2) is 7.59. The Bertz CT molecular complexity index is 669. The molecule has 1 aromatic carbocycles. The number of likely N-dealkylation sites (tertiary alicyclic amines) is 1. The van der Waals surface area contributed by atoms with E-state index in [1.807, 2.05) is 4.90 Å². The molecule has 3 rings (SSSR count). The largest absolute Gasteiger partial charge is 0.411 e. The smallest absolute Gasteiger partial charge is 0.277 e. The van der Waals surface area contributed by atoms with Gasteiger partial charge in [0.1, 0.15) is 5.82 Å². The van der Waals surface area contributed by atoms with Gasteiger partial charge in [0.25, 0.3) is 11.1 Å². The highest BCUT2D eigenvalue weighted by atomic mass is 32.2. The monoisotopic (exact) mass is 335 g/mol. The molecule has 1 saturated heterocycles. The average Bonchev–Trinajstić information content (AvgIpc) is 2.86. The van der Waals surface area contributed by atoms with Gasteiger partial charge in [-0.3, -0.25) is 4.79 Å². The third-order valence-corrected chi connectivity index (χ3v) is 4.59. The maximum Gasteiger partial charge on any atom is 0.277 e. The molecule has 0 bridgehead atoms. The van der Waals surface area contributed by atoms with Crippen LogP contribution in [-0.4, -0.2) is 39.8 Å². The molecule has 1 aliphatic rings. The number of carbonyl (C=O) groups is 1. The zero-order valence-electron chi connectivity index (χ0n) is 12.7. The fourth-order valence-corrected chi connectivity index (χ4v) is 3.21. The van der Waals surface area contributed by atoms with Crippen LogP contribution in [0.15, 0.2) is 33.9 Å². The van der Waals surface area contributed by atoms with Crippen LogP contribution in [0.2, 0.25) is 0 Å². The minimum absolute atomic E-state index is 0.0857. The molecule has 1 aliphatic heterocycles. The fraction of sp³-hybridized carbons (Fsp3) is 0.438. The van der Waals surface area contributed by atoms with E-state index in [-0.39, 0.29) is 28.3 Å². The molecule has 0 spiro atoms. The van der Waals surface area contributed by atoms with E-state index in [2.05, 4.69) is 10.2 Å². The summed E-state index contributed by atoms with van der Waals surface area (Å²) < 4.78 is 19.1. The summed E-state index contributed by atoms with van der Waals surface area (Å²) in [6.07, 6.45) is 4.50. The first-order valence-electron chi connectivity index (χ1n) is 7.73. The van der Waals surface area contributed by atoms with Gasteiger partial charge in [-0.1, -0.05) is 36.7 Å². The van der Waals surface area contributed by atoms with Crippen LogP contribution in [0.4, 0.5) is 4.39 Å². The number of carbonyl (C=O) groups excluding carboxylic acids is 1. The number of hydrogen-bond acceptors (Lipinski definition) is 5. The molecular weight excluding hydrogens is 317 g/mol. The van der Waals surface area contributed by atoms with Crippen LogP contribution in [0.1, 0.15) is 25.7 Å². The van der Waals surface area contributed by atoms with E-state index in [0.29, 0.717) is 0 Å². The van der Waals surface area contributed by atoms with Crippen molar-refractivity contribution in [2.24, 2.45) is 0 Å². The Morgan fingerprint density at radius 3 is 2.65 bits per heavy atom. The minimum atomic E-state index is -0.409.